The zero-order valence-electron chi connectivity index (χ0n) is 11.9. The van der Waals surface area contributed by atoms with Crippen molar-refractivity contribution in [1.82, 2.24) is 4.98 Å². The molecule has 2 rings (SSSR count). The first-order chi connectivity index (χ1) is 10.9. The number of hydrogen-bond donors (Lipinski definition) is 1. The molecule has 0 bridgehead atoms. The Hall–Kier alpha value is -2.52. The molecule has 0 aliphatic carbocycles. The molecule has 4 nitrogen and oxygen atoms in total. The predicted octanol–water partition coefficient (Wildman–Crippen LogP) is 4.57. The van der Waals surface area contributed by atoms with Gasteiger partial charge in [-0.2, -0.15) is 26.3 Å². The molecule has 2 aromatic rings. The third-order valence-corrected chi connectivity index (χ3v) is 3.15. The number of aliphatic carboxylic acids is 1. The molecule has 10 heteroatoms. The Labute approximate surface area is 130 Å². The molecule has 1 aromatic heterocycles. The quantitative estimate of drug-likeness (QED) is 0.822. The van der Waals surface area contributed by atoms with Crippen LogP contribution in [-0.4, -0.2) is 16.1 Å². The summed E-state index contributed by atoms with van der Waals surface area (Å²) >= 11 is 0. The smallest absolute Gasteiger partial charge is 0.416 e. The largest absolute Gasteiger partial charge is 0.481 e. The lowest BCUT2D eigenvalue weighted by Gasteiger charge is -2.13. The van der Waals surface area contributed by atoms with Gasteiger partial charge in [0.05, 0.1) is 11.1 Å². The van der Waals surface area contributed by atoms with Crippen LogP contribution in [0.4, 0.5) is 26.3 Å². The number of halogens is 6. The SMILES string of the molecule is CC(C(=O)O)c1nc(-c2cc(C(F)(F)F)cc(C(F)(F)F)c2)co1. The molecule has 0 saturated carbocycles. The molecule has 0 aliphatic rings. The van der Waals surface area contributed by atoms with Crippen LogP contribution in [0.15, 0.2) is 28.9 Å². The van der Waals surface area contributed by atoms with E-state index in [9.17, 15) is 31.1 Å². The molecular weight excluding hydrogens is 344 g/mol. The third-order valence-electron chi connectivity index (χ3n) is 3.15. The summed E-state index contributed by atoms with van der Waals surface area (Å²) in [5.41, 5.74) is -3.80. The summed E-state index contributed by atoms with van der Waals surface area (Å²) in [4.78, 5) is 14.5. The molecule has 0 aliphatic heterocycles. The van der Waals surface area contributed by atoms with Crippen LogP contribution in [0.1, 0.15) is 29.9 Å². The van der Waals surface area contributed by atoms with Crippen molar-refractivity contribution in [3.05, 3.63) is 41.5 Å². The lowest BCUT2D eigenvalue weighted by atomic mass is 10.0. The van der Waals surface area contributed by atoms with Gasteiger partial charge in [0.25, 0.3) is 0 Å². The fourth-order valence-corrected chi connectivity index (χ4v) is 1.83. The van der Waals surface area contributed by atoms with Gasteiger partial charge in [0.15, 0.2) is 0 Å². The first-order valence-corrected chi connectivity index (χ1v) is 6.37. The summed E-state index contributed by atoms with van der Waals surface area (Å²) in [7, 11) is 0. The van der Waals surface area contributed by atoms with Crippen molar-refractivity contribution >= 4 is 5.97 Å². The number of aromatic nitrogens is 1. The molecule has 1 aromatic carbocycles. The first-order valence-electron chi connectivity index (χ1n) is 6.37. The van der Waals surface area contributed by atoms with Gasteiger partial charge in [0, 0.05) is 5.56 Å². The maximum absolute atomic E-state index is 12.8. The minimum absolute atomic E-state index is 0.00956. The number of carboxylic acid groups (broad SMARTS) is 1. The van der Waals surface area contributed by atoms with Crippen molar-refractivity contribution in [3.8, 4) is 11.3 Å². The van der Waals surface area contributed by atoms with Crippen molar-refractivity contribution < 1.29 is 40.7 Å². The second-order valence-corrected chi connectivity index (χ2v) is 4.93. The number of rotatable bonds is 3. The average molecular weight is 353 g/mol. The minimum Gasteiger partial charge on any atom is -0.481 e. The fraction of sp³-hybridized carbons (Fsp3) is 0.286. The highest BCUT2D eigenvalue weighted by atomic mass is 19.4. The first kappa shape index (κ1) is 17.8. The maximum atomic E-state index is 12.8. The Morgan fingerprint density at radius 2 is 1.58 bits per heavy atom. The van der Waals surface area contributed by atoms with Gasteiger partial charge in [0.2, 0.25) is 5.89 Å². The summed E-state index contributed by atoms with van der Waals surface area (Å²) < 4.78 is 81.7. The number of carboxylic acids is 1. The molecule has 1 heterocycles. The zero-order valence-corrected chi connectivity index (χ0v) is 11.9. The van der Waals surface area contributed by atoms with Crippen molar-refractivity contribution in [2.24, 2.45) is 0 Å². The normalized spacial score (nSPS) is 13.8. The van der Waals surface area contributed by atoms with Crippen LogP contribution >= 0.6 is 0 Å². The van der Waals surface area contributed by atoms with Gasteiger partial charge in [-0.3, -0.25) is 4.79 Å². The third kappa shape index (κ3) is 3.69. The Kier molecular flexibility index (Phi) is 4.34. The van der Waals surface area contributed by atoms with E-state index in [1.165, 1.54) is 6.92 Å². The van der Waals surface area contributed by atoms with Crippen molar-refractivity contribution in [2.75, 3.05) is 0 Å². The number of hydrogen-bond acceptors (Lipinski definition) is 3. The lowest BCUT2D eigenvalue weighted by molar-refractivity contribution is -0.143. The molecule has 0 radical (unpaired) electrons. The van der Waals surface area contributed by atoms with Crippen molar-refractivity contribution in [1.29, 1.82) is 0 Å². The van der Waals surface area contributed by atoms with Gasteiger partial charge in [-0.25, -0.2) is 4.98 Å². The monoisotopic (exact) mass is 353 g/mol. The summed E-state index contributed by atoms with van der Waals surface area (Å²) in [6.45, 7) is 1.21. The van der Waals surface area contributed by atoms with Gasteiger partial charge < -0.3 is 9.52 Å². The summed E-state index contributed by atoms with van der Waals surface area (Å²) in [5, 5.41) is 8.82. The van der Waals surface area contributed by atoms with E-state index >= 15 is 0 Å². The molecule has 0 fully saturated rings. The number of alkyl halides is 6. The Morgan fingerprint density at radius 1 is 1.08 bits per heavy atom. The van der Waals surface area contributed by atoms with Crippen LogP contribution in [0.5, 0.6) is 0 Å². The second kappa shape index (κ2) is 5.84. The molecule has 1 N–H and O–H groups in total. The number of benzene rings is 1. The van der Waals surface area contributed by atoms with Gasteiger partial charge in [-0.15, -0.1) is 0 Å². The number of nitrogens with zero attached hydrogens (tertiary/aromatic N) is 1. The lowest BCUT2D eigenvalue weighted by Crippen LogP contribution is -2.11. The molecule has 0 saturated heterocycles. The molecule has 24 heavy (non-hydrogen) atoms. The second-order valence-electron chi connectivity index (χ2n) is 4.93. The van der Waals surface area contributed by atoms with E-state index in [4.69, 9.17) is 9.52 Å². The topological polar surface area (TPSA) is 63.3 Å². The molecule has 0 spiro atoms. The highest BCUT2D eigenvalue weighted by molar-refractivity contribution is 5.74. The summed E-state index contributed by atoms with van der Waals surface area (Å²) in [5.74, 6) is -2.83. The minimum atomic E-state index is -4.99. The Morgan fingerprint density at radius 3 is 2.00 bits per heavy atom. The van der Waals surface area contributed by atoms with Gasteiger partial charge >= 0.3 is 18.3 Å². The van der Waals surface area contributed by atoms with E-state index in [1.54, 1.807) is 0 Å². The van der Waals surface area contributed by atoms with E-state index in [1.807, 2.05) is 0 Å². The predicted molar refractivity (Wildman–Crippen MR) is 68.0 cm³/mol. The van der Waals surface area contributed by atoms with Crippen molar-refractivity contribution in [2.45, 2.75) is 25.2 Å². The summed E-state index contributed by atoms with van der Waals surface area (Å²) in [6.07, 6.45) is -9.17. The van der Waals surface area contributed by atoms with Crippen LogP contribution < -0.4 is 0 Å². The van der Waals surface area contributed by atoms with Crippen LogP contribution in [0.25, 0.3) is 11.3 Å². The number of oxazole rings is 1. The van der Waals surface area contributed by atoms with E-state index in [0.29, 0.717) is 12.1 Å². The highest BCUT2D eigenvalue weighted by Gasteiger charge is 2.37. The van der Waals surface area contributed by atoms with Gasteiger partial charge in [-0.1, -0.05) is 0 Å². The van der Waals surface area contributed by atoms with E-state index in [0.717, 1.165) is 6.26 Å². The number of carbonyl (C=O) groups is 1. The Bertz CT molecular complexity index is 730. The molecule has 0 amide bonds. The zero-order chi connectivity index (χ0) is 18.3. The van der Waals surface area contributed by atoms with E-state index < -0.39 is 40.9 Å². The molecule has 1 atom stereocenters. The van der Waals surface area contributed by atoms with Crippen LogP contribution in [-0.2, 0) is 17.1 Å². The van der Waals surface area contributed by atoms with E-state index in [-0.39, 0.29) is 17.7 Å². The fourth-order valence-electron chi connectivity index (χ4n) is 1.83. The molecule has 130 valence electrons. The van der Waals surface area contributed by atoms with Crippen LogP contribution in [0, 0.1) is 0 Å². The van der Waals surface area contributed by atoms with Crippen molar-refractivity contribution in [3.63, 3.8) is 0 Å². The Balaban J connectivity index is 2.56. The van der Waals surface area contributed by atoms with Crippen LogP contribution in [0.3, 0.4) is 0 Å². The average Bonchev–Trinajstić information content (AvgIpc) is 2.93. The standard InChI is InChI=1S/C14H9F6NO3/c1-6(12(22)23)11-21-10(5-24-11)7-2-8(13(15,16)17)4-9(3-7)14(18,19)20/h2-6H,1H3,(H,22,23). The highest BCUT2D eigenvalue weighted by Crippen LogP contribution is 2.38. The molecule has 1 unspecified atom stereocenters. The summed E-state index contributed by atoms with van der Waals surface area (Å²) in [6, 6.07) is 0.967. The van der Waals surface area contributed by atoms with E-state index in [2.05, 4.69) is 4.98 Å². The maximum Gasteiger partial charge on any atom is 0.416 e. The molecular formula is C14H9F6NO3. The van der Waals surface area contributed by atoms with Crippen LogP contribution in [0.2, 0.25) is 0 Å². The van der Waals surface area contributed by atoms with Gasteiger partial charge in [0.1, 0.15) is 17.9 Å². The van der Waals surface area contributed by atoms with Gasteiger partial charge in [-0.05, 0) is 25.1 Å².